The Hall–Kier alpha value is -1.63. The number of carbonyl (C=O) groups is 1. The topological polar surface area (TPSA) is 42.3 Å². The first-order chi connectivity index (χ1) is 12.3. The van der Waals surface area contributed by atoms with Crippen molar-refractivity contribution in [2.24, 2.45) is 11.8 Å². The van der Waals surface area contributed by atoms with Gasteiger partial charge in [-0.25, -0.2) is 0 Å². The first-order valence-corrected chi connectivity index (χ1v) is 9.36. The molecular weight excluding hydrogens is 345 g/mol. The van der Waals surface area contributed by atoms with E-state index < -0.39 is 23.2 Å². The van der Waals surface area contributed by atoms with Crippen molar-refractivity contribution in [1.29, 1.82) is 0 Å². The van der Waals surface area contributed by atoms with Gasteiger partial charge in [0, 0.05) is 26.1 Å². The van der Waals surface area contributed by atoms with Gasteiger partial charge in [-0.05, 0) is 56.2 Å². The van der Waals surface area contributed by atoms with Crippen molar-refractivity contribution in [2.75, 3.05) is 19.6 Å². The van der Waals surface area contributed by atoms with Crippen LogP contribution in [0.2, 0.25) is 0 Å². The molecule has 2 saturated heterocycles. The van der Waals surface area contributed by atoms with E-state index in [1.807, 2.05) is 0 Å². The highest BCUT2D eigenvalue weighted by molar-refractivity contribution is 5.95. The number of ketones is 1. The molecule has 1 aliphatic carbocycles. The maximum Gasteiger partial charge on any atom is 0.431 e. The van der Waals surface area contributed by atoms with Crippen LogP contribution in [-0.4, -0.2) is 34.9 Å². The summed E-state index contributed by atoms with van der Waals surface area (Å²) in [6, 6.07) is 1.86. The van der Waals surface area contributed by atoms with Gasteiger partial charge in [-0.15, -0.1) is 0 Å². The fourth-order valence-corrected chi connectivity index (χ4v) is 4.22. The van der Waals surface area contributed by atoms with Crippen LogP contribution in [0.25, 0.3) is 0 Å². The Morgan fingerprint density at radius 3 is 2.31 bits per heavy atom. The first kappa shape index (κ1) is 19.1. The zero-order valence-corrected chi connectivity index (χ0v) is 15.0. The van der Waals surface area contributed by atoms with E-state index in [0.29, 0.717) is 6.42 Å². The van der Waals surface area contributed by atoms with Crippen LogP contribution in [0.3, 0.4) is 0 Å². The molecular formula is C19H25F3N2O2. The molecule has 1 saturated carbocycles. The molecule has 0 radical (unpaired) electrons. The van der Waals surface area contributed by atoms with Crippen LogP contribution < -0.4 is 5.56 Å². The Labute approximate surface area is 151 Å². The Balaban J connectivity index is 1.66. The van der Waals surface area contributed by atoms with Crippen LogP contribution in [0, 0.1) is 11.8 Å². The molecule has 0 amide bonds. The lowest BCUT2D eigenvalue weighted by atomic mass is 9.71. The van der Waals surface area contributed by atoms with Crippen LogP contribution in [0.5, 0.6) is 0 Å². The second-order valence-corrected chi connectivity index (χ2v) is 7.53. The summed E-state index contributed by atoms with van der Waals surface area (Å²) in [5.41, 5.74) is -1.96. The van der Waals surface area contributed by atoms with E-state index in [0.717, 1.165) is 54.6 Å². The van der Waals surface area contributed by atoms with Gasteiger partial charge in [0.25, 0.3) is 5.56 Å². The zero-order chi connectivity index (χ0) is 18.9. The van der Waals surface area contributed by atoms with Crippen molar-refractivity contribution in [1.82, 2.24) is 9.47 Å². The Kier molecular flexibility index (Phi) is 5.55. The normalized spacial score (nSPS) is 22.9. The molecule has 1 aromatic heterocycles. The third kappa shape index (κ3) is 4.03. The minimum absolute atomic E-state index is 0.0147. The molecule has 4 rings (SSSR count). The summed E-state index contributed by atoms with van der Waals surface area (Å²) in [5.74, 6) is 1.17. The van der Waals surface area contributed by atoms with Gasteiger partial charge in [0.05, 0.1) is 5.56 Å². The fourth-order valence-electron chi connectivity index (χ4n) is 4.22. The second-order valence-electron chi connectivity index (χ2n) is 7.53. The maximum atomic E-state index is 13.2. The summed E-state index contributed by atoms with van der Waals surface area (Å²) < 4.78 is 40.4. The van der Waals surface area contributed by atoms with E-state index in [1.54, 1.807) is 6.92 Å². The number of aromatic nitrogens is 1. The van der Waals surface area contributed by atoms with E-state index in [4.69, 9.17) is 0 Å². The highest BCUT2D eigenvalue weighted by atomic mass is 19.4. The lowest BCUT2D eigenvalue weighted by molar-refractivity contribution is -0.144. The van der Waals surface area contributed by atoms with Crippen LogP contribution in [-0.2, 0) is 12.7 Å². The molecule has 0 N–H and O–H groups in total. The number of pyridine rings is 1. The average molecular weight is 370 g/mol. The number of alkyl halides is 3. The van der Waals surface area contributed by atoms with Gasteiger partial charge in [-0.1, -0.05) is 6.92 Å². The monoisotopic (exact) mass is 370 g/mol. The minimum Gasteiger partial charge on any atom is -0.304 e. The van der Waals surface area contributed by atoms with Gasteiger partial charge < -0.3 is 9.47 Å². The van der Waals surface area contributed by atoms with Crippen molar-refractivity contribution in [3.63, 3.8) is 0 Å². The molecule has 0 spiro atoms. The van der Waals surface area contributed by atoms with E-state index in [2.05, 4.69) is 4.90 Å². The van der Waals surface area contributed by atoms with Gasteiger partial charge in [0.15, 0.2) is 5.78 Å². The number of carbonyl (C=O) groups excluding carboxylic acids is 1. The molecule has 0 aromatic carbocycles. The molecule has 144 valence electrons. The SMILES string of the molecule is CCC(=O)c1ccc(C(F)(F)F)n(CCCCN2CC3CC(C3)C2)c1=O. The molecule has 7 heteroatoms. The number of hydrogen-bond acceptors (Lipinski definition) is 3. The number of halogens is 3. The van der Waals surface area contributed by atoms with Crippen LogP contribution in [0.1, 0.15) is 55.1 Å². The van der Waals surface area contributed by atoms with Gasteiger partial charge in [-0.3, -0.25) is 9.59 Å². The second kappa shape index (κ2) is 7.55. The fraction of sp³-hybridized carbons (Fsp3) is 0.684. The number of unbranched alkanes of at least 4 members (excludes halogenated alkanes) is 1. The lowest BCUT2D eigenvalue weighted by Gasteiger charge is -2.47. The number of piperidine rings is 2. The largest absolute Gasteiger partial charge is 0.431 e. The van der Waals surface area contributed by atoms with Gasteiger partial charge in [-0.2, -0.15) is 13.2 Å². The van der Waals surface area contributed by atoms with Crippen molar-refractivity contribution in [3.8, 4) is 0 Å². The highest BCUT2D eigenvalue weighted by Gasteiger charge is 2.37. The molecule has 0 unspecified atom stereocenters. The molecule has 2 aliphatic heterocycles. The van der Waals surface area contributed by atoms with Crippen LogP contribution in [0.15, 0.2) is 16.9 Å². The lowest BCUT2D eigenvalue weighted by Crippen LogP contribution is -2.48. The van der Waals surface area contributed by atoms with Crippen molar-refractivity contribution in [2.45, 2.75) is 51.7 Å². The van der Waals surface area contributed by atoms with Crippen LogP contribution >= 0.6 is 0 Å². The van der Waals surface area contributed by atoms with Crippen LogP contribution in [0.4, 0.5) is 13.2 Å². The molecule has 0 atom stereocenters. The van der Waals surface area contributed by atoms with E-state index in [9.17, 15) is 22.8 Å². The number of rotatable bonds is 7. The maximum absolute atomic E-state index is 13.2. The predicted molar refractivity (Wildman–Crippen MR) is 92.2 cm³/mol. The highest BCUT2D eigenvalue weighted by Crippen LogP contribution is 2.39. The summed E-state index contributed by atoms with van der Waals surface area (Å²) in [6.07, 6.45) is -0.648. The average Bonchev–Trinajstić information content (AvgIpc) is 2.57. The summed E-state index contributed by atoms with van der Waals surface area (Å²) in [5, 5.41) is 0. The molecule has 1 aromatic rings. The molecule has 4 nitrogen and oxygen atoms in total. The Bertz CT molecular complexity index is 710. The number of nitrogens with zero attached hydrogens (tertiary/aromatic N) is 2. The smallest absolute Gasteiger partial charge is 0.304 e. The summed E-state index contributed by atoms with van der Waals surface area (Å²) in [4.78, 5) is 26.6. The van der Waals surface area contributed by atoms with Crippen molar-refractivity contribution >= 4 is 5.78 Å². The van der Waals surface area contributed by atoms with Gasteiger partial charge in [0.1, 0.15) is 5.69 Å². The van der Waals surface area contributed by atoms with Crippen molar-refractivity contribution < 1.29 is 18.0 Å². The molecule has 3 aliphatic rings. The minimum atomic E-state index is -4.61. The van der Waals surface area contributed by atoms with E-state index in [1.165, 1.54) is 12.8 Å². The summed E-state index contributed by atoms with van der Waals surface area (Å²) in [7, 11) is 0. The van der Waals surface area contributed by atoms with Crippen molar-refractivity contribution in [3.05, 3.63) is 33.7 Å². The van der Waals surface area contributed by atoms with E-state index >= 15 is 0 Å². The predicted octanol–water partition coefficient (Wildman–Crippen LogP) is 3.58. The third-order valence-corrected chi connectivity index (χ3v) is 5.56. The summed E-state index contributed by atoms with van der Waals surface area (Å²) in [6.45, 7) is 4.61. The van der Waals surface area contributed by atoms with E-state index in [-0.39, 0.29) is 18.5 Å². The van der Waals surface area contributed by atoms with Gasteiger partial charge >= 0.3 is 6.18 Å². The van der Waals surface area contributed by atoms with Gasteiger partial charge in [0.2, 0.25) is 0 Å². The third-order valence-electron chi connectivity index (χ3n) is 5.56. The molecule has 3 fully saturated rings. The standard InChI is InChI=1S/C19H25F3N2O2/c1-2-16(25)15-5-6-17(19(20,21)22)24(18(15)26)8-4-3-7-23-11-13-9-14(10-13)12-23/h5-6,13-14H,2-4,7-12H2,1H3. The molecule has 26 heavy (non-hydrogen) atoms. The molecule has 3 heterocycles. The summed E-state index contributed by atoms with van der Waals surface area (Å²) >= 11 is 0. The molecule has 2 bridgehead atoms. The Morgan fingerprint density at radius 2 is 1.73 bits per heavy atom. The quantitative estimate of drug-likeness (QED) is 0.544. The first-order valence-electron chi connectivity index (χ1n) is 9.36. The number of fused-ring (bicyclic) bond motifs is 2. The zero-order valence-electron chi connectivity index (χ0n) is 15.0. The Morgan fingerprint density at radius 1 is 1.12 bits per heavy atom. The number of hydrogen-bond donors (Lipinski definition) is 0. The number of Topliss-reactive ketones (excluding diaryl/α,β-unsaturated/α-hetero) is 1.